The van der Waals surface area contributed by atoms with E-state index in [0.29, 0.717) is 5.92 Å². The third-order valence-corrected chi connectivity index (χ3v) is 3.28. The maximum atomic E-state index is 9.11. The first-order chi connectivity index (χ1) is 7.18. The van der Waals surface area contributed by atoms with E-state index in [1.807, 2.05) is 18.2 Å². The second-order valence-electron chi connectivity index (χ2n) is 4.47. The summed E-state index contributed by atoms with van der Waals surface area (Å²) < 4.78 is 0. The molecule has 0 amide bonds. The molecule has 1 aromatic carbocycles. The minimum absolute atomic E-state index is 0.246. The molecule has 2 rings (SSSR count). The molecule has 0 heterocycles. The van der Waals surface area contributed by atoms with Crippen molar-refractivity contribution in [1.29, 1.82) is 5.26 Å². The molecule has 0 bridgehead atoms. The third kappa shape index (κ3) is 1.88. The van der Waals surface area contributed by atoms with Gasteiger partial charge in [0.15, 0.2) is 0 Å². The fourth-order valence-corrected chi connectivity index (χ4v) is 2.02. The van der Waals surface area contributed by atoms with Gasteiger partial charge >= 0.3 is 0 Å². The molecule has 0 radical (unpaired) electrons. The van der Waals surface area contributed by atoms with Crippen molar-refractivity contribution in [2.24, 2.45) is 5.92 Å². The molecule has 78 valence electrons. The quantitative estimate of drug-likeness (QED) is 0.814. The smallest absolute Gasteiger partial charge is 0.110 e. The number of nitriles is 1. The van der Waals surface area contributed by atoms with Crippen molar-refractivity contribution in [3.8, 4) is 6.07 Å². The van der Waals surface area contributed by atoms with Crippen molar-refractivity contribution in [1.82, 2.24) is 5.32 Å². The van der Waals surface area contributed by atoms with Crippen LogP contribution in [0.2, 0.25) is 0 Å². The van der Waals surface area contributed by atoms with Crippen LogP contribution in [-0.2, 0) is 0 Å². The number of rotatable bonds is 3. The minimum atomic E-state index is -0.269. The van der Waals surface area contributed by atoms with Gasteiger partial charge in [-0.05, 0) is 24.8 Å². The molecular formula is C13H16N2. The highest BCUT2D eigenvalue weighted by atomic mass is 15.1. The molecule has 15 heavy (non-hydrogen) atoms. The first-order valence-corrected chi connectivity index (χ1v) is 5.42. The van der Waals surface area contributed by atoms with E-state index in [-0.39, 0.29) is 11.6 Å². The first-order valence-electron chi connectivity index (χ1n) is 5.42. The van der Waals surface area contributed by atoms with Crippen molar-refractivity contribution in [2.45, 2.75) is 31.8 Å². The van der Waals surface area contributed by atoms with Crippen molar-refractivity contribution < 1.29 is 0 Å². The zero-order valence-corrected chi connectivity index (χ0v) is 9.20. The highest BCUT2D eigenvalue weighted by Gasteiger charge is 2.52. The van der Waals surface area contributed by atoms with Gasteiger partial charge in [0, 0.05) is 6.04 Å². The molecule has 1 aliphatic carbocycles. The predicted molar refractivity (Wildman–Crippen MR) is 60.1 cm³/mol. The van der Waals surface area contributed by atoms with Crippen LogP contribution in [0.1, 0.15) is 31.9 Å². The maximum absolute atomic E-state index is 9.11. The Morgan fingerprint density at radius 1 is 1.47 bits per heavy atom. The van der Waals surface area contributed by atoms with Crippen molar-refractivity contribution in [2.75, 3.05) is 0 Å². The summed E-state index contributed by atoms with van der Waals surface area (Å²) in [5.74, 6) is 0.480. The van der Waals surface area contributed by atoms with Crippen LogP contribution < -0.4 is 5.32 Å². The highest BCUT2D eigenvalue weighted by molar-refractivity contribution is 5.26. The zero-order chi connectivity index (χ0) is 10.9. The summed E-state index contributed by atoms with van der Waals surface area (Å²) >= 11 is 0. The van der Waals surface area contributed by atoms with Crippen molar-refractivity contribution in [3.05, 3.63) is 35.9 Å². The Bertz CT molecular complexity index is 379. The molecule has 0 aliphatic heterocycles. The van der Waals surface area contributed by atoms with Gasteiger partial charge in [0.1, 0.15) is 5.54 Å². The summed E-state index contributed by atoms with van der Waals surface area (Å²) in [6.07, 6.45) is 0.973. The fourth-order valence-electron chi connectivity index (χ4n) is 2.02. The van der Waals surface area contributed by atoms with E-state index in [1.165, 1.54) is 5.56 Å². The monoisotopic (exact) mass is 200 g/mol. The lowest BCUT2D eigenvalue weighted by Gasteiger charge is -2.18. The van der Waals surface area contributed by atoms with Gasteiger partial charge in [-0.25, -0.2) is 0 Å². The number of hydrogen-bond donors (Lipinski definition) is 1. The van der Waals surface area contributed by atoms with Crippen molar-refractivity contribution >= 4 is 0 Å². The average molecular weight is 200 g/mol. The van der Waals surface area contributed by atoms with Gasteiger partial charge in [-0.2, -0.15) is 5.26 Å². The van der Waals surface area contributed by atoms with E-state index >= 15 is 0 Å². The minimum Gasteiger partial charge on any atom is -0.293 e. The molecule has 0 aromatic heterocycles. The van der Waals surface area contributed by atoms with Gasteiger partial charge in [0.25, 0.3) is 0 Å². The van der Waals surface area contributed by atoms with Gasteiger partial charge in [-0.15, -0.1) is 0 Å². The van der Waals surface area contributed by atoms with Crippen LogP contribution >= 0.6 is 0 Å². The zero-order valence-electron chi connectivity index (χ0n) is 9.20. The molecule has 0 saturated heterocycles. The largest absolute Gasteiger partial charge is 0.293 e. The van der Waals surface area contributed by atoms with Crippen LogP contribution in [0.15, 0.2) is 30.3 Å². The van der Waals surface area contributed by atoms with E-state index in [2.05, 4.69) is 37.4 Å². The number of nitrogens with zero attached hydrogens (tertiary/aromatic N) is 1. The topological polar surface area (TPSA) is 35.8 Å². The van der Waals surface area contributed by atoms with Gasteiger partial charge in [0.2, 0.25) is 0 Å². The van der Waals surface area contributed by atoms with Crippen LogP contribution in [0, 0.1) is 17.2 Å². The van der Waals surface area contributed by atoms with E-state index in [1.54, 1.807) is 0 Å². The number of nitrogens with one attached hydrogen (secondary N) is 1. The normalized spacial score (nSPS) is 30.6. The SMILES string of the molecule is C[C@H](N[C@]1(C#N)C[C@@H]1C)c1ccccc1. The van der Waals surface area contributed by atoms with E-state index < -0.39 is 0 Å². The molecule has 1 saturated carbocycles. The lowest BCUT2D eigenvalue weighted by molar-refractivity contribution is 0.486. The number of benzene rings is 1. The first kappa shape index (κ1) is 10.2. The van der Waals surface area contributed by atoms with Gasteiger partial charge in [0.05, 0.1) is 6.07 Å². The van der Waals surface area contributed by atoms with E-state index in [9.17, 15) is 0 Å². The van der Waals surface area contributed by atoms with Crippen molar-refractivity contribution in [3.63, 3.8) is 0 Å². The molecule has 2 heteroatoms. The summed E-state index contributed by atoms with van der Waals surface area (Å²) in [5.41, 5.74) is 0.973. The van der Waals surface area contributed by atoms with Crippen LogP contribution in [0.25, 0.3) is 0 Å². The van der Waals surface area contributed by atoms with Gasteiger partial charge < -0.3 is 0 Å². The summed E-state index contributed by atoms with van der Waals surface area (Å²) in [6.45, 7) is 4.23. The van der Waals surface area contributed by atoms with Crippen LogP contribution in [-0.4, -0.2) is 5.54 Å². The Morgan fingerprint density at radius 2 is 2.07 bits per heavy atom. The van der Waals surface area contributed by atoms with Crippen LogP contribution in [0.4, 0.5) is 0 Å². The predicted octanol–water partition coefficient (Wildman–Crippen LogP) is 2.64. The maximum Gasteiger partial charge on any atom is 0.110 e. The molecule has 2 nitrogen and oxygen atoms in total. The summed E-state index contributed by atoms with van der Waals surface area (Å²) in [4.78, 5) is 0. The molecule has 1 fully saturated rings. The molecule has 3 atom stereocenters. The summed E-state index contributed by atoms with van der Waals surface area (Å²) in [7, 11) is 0. The van der Waals surface area contributed by atoms with Gasteiger partial charge in [-0.3, -0.25) is 5.32 Å². The Morgan fingerprint density at radius 3 is 2.53 bits per heavy atom. The standard InChI is InChI=1S/C13H16N2/c1-10-8-13(10,9-14)15-11(2)12-6-4-3-5-7-12/h3-7,10-11,15H,8H2,1-2H3/t10-,11-,13-/m0/s1. The lowest BCUT2D eigenvalue weighted by atomic mass is 10.1. The average Bonchev–Trinajstić information content (AvgIpc) is 2.91. The van der Waals surface area contributed by atoms with E-state index in [4.69, 9.17) is 5.26 Å². The van der Waals surface area contributed by atoms with Gasteiger partial charge in [-0.1, -0.05) is 37.3 Å². The third-order valence-electron chi connectivity index (χ3n) is 3.28. The van der Waals surface area contributed by atoms with Crippen LogP contribution in [0.3, 0.4) is 0 Å². The Balaban J connectivity index is 2.06. The molecule has 0 unspecified atom stereocenters. The number of hydrogen-bond acceptors (Lipinski definition) is 2. The fraction of sp³-hybridized carbons (Fsp3) is 0.462. The summed E-state index contributed by atoms with van der Waals surface area (Å²) in [6, 6.07) is 12.9. The Labute approximate surface area is 90.9 Å². The second kappa shape index (κ2) is 3.67. The lowest BCUT2D eigenvalue weighted by Crippen LogP contribution is -2.33. The molecule has 1 aromatic rings. The van der Waals surface area contributed by atoms with Crippen LogP contribution in [0.5, 0.6) is 0 Å². The van der Waals surface area contributed by atoms with E-state index in [0.717, 1.165) is 6.42 Å². The summed E-state index contributed by atoms with van der Waals surface area (Å²) in [5, 5.41) is 12.5. The second-order valence-corrected chi connectivity index (χ2v) is 4.47. The highest BCUT2D eigenvalue weighted by Crippen LogP contribution is 2.43. The molecule has 1 aliphatic rings. The molecular weight excluding hydrogens is 184 g/mol. The molecule has 1 N–H and O–H groups in total. The Kier molecular flexibility index (Phi) is 2.50. The Hall–Kier alpha value is -1.33. The molecule has 0 spiro atoms.